The van der Waals surface area contributed by atoms with Gasteiger partial charge >= 0.3 is 5.97 Å². The fraction of sp³-hybridized carbons (Fsp3) is 0.526. The smallest absolute Gasteiger partial charge is 0.338 e. The summed E-state index contributed by atoms with van der Waals surface area (Å²) in [4.78, 5) is 12.1. The van der Waals surface area contributed by atoms with Crippen molar-refractivity contribution in [3.05, 3.63) is 35.8 Å². The highest BCUT2D eigenvalue weighted by Crippen LogP contribution is 2.32. The number of carbonyl (C=O) groups excluding carboxylic acids is 1. The summed E-state index contributed by atoms with van der Waals surface area (Å²) in [5.41, 5.74) is -0.287. The van der Waals surface area contributed by atoms with Gasteiger partial charge in [0, 0.05) is 5.56 Å². The van der Waals surface area contributed by atoms with Crippen LogP contribution >= 0.6 is 0 Å². The second-order valence-electron chi connectivity index (χ2n) is 7.56. The van der Waals surface area contributed by atoms with Crippen LogP contribution < -0.4 is 0 Å². The Hall–Kier alpha value is -2.58. The molecule has 1 aromatic carbocycles. The maximum Gasteiger partial charge on any atom is 0.338 e. The van der Waals surface area contributed by atoms with E-state index in [9.17, 15) is 38.4 Å². The van der Waals surface area contributed by atoms with Gasteiger partial charge in [-0.25, -0.2) is 22.6 Å². The van der Waals surface area contributed by atoms with Crippen LogP contribution in [0.2, 0.25) is 0 Å². The number of nitrogens with zero attached hydrogens (tertiary/aromatic N) is 3. The van der Waals surface area contributed by atoms with Crippen molar-refractivity contribution in [3.63, 3.8) is 0 Å². The highest BCUT2D eigenvalue weighted by Gasteiger charge is 2.50. The summed E-state index contributed by atoms with van der Waals surface area (Å²) in [7, 11) is 0. The molecule has 0 spiro atoms. The molecule has 1 aromatic heterocycles. The summed E-state index contributed by atoms with van der Waals surface area (Å²) in [6.07, 6.45) is -7.67. The van der Waals surface area contributed by atoms with Crippen LogP contribution in [-0.4, -0.2) is 84.6 Å². The monoisotopic (exact) mass is 461 g/mol. The SMILES string of the molecule is CC(C)OC(=O)[C@@H](O)[C@@H]1OC(CO)[C@H](O)[C@H](n2cc(-c3cc(F)c(F)c(F)c3)nn2)C1O. The highest BCUT2D eigenvalue weighted by atomic mass is 19.2. The van der Waals surface area contributed by atoms with Crippen LogP contribution in [0.1, 0.15) is 19.9 Å². The Balaban J connectivity index is 1.92. The number of aromatic nitrogens is 3. The zero-order valence-electron chi connectivity index (χ0n) is 17.0. The zero-order valence-corrected chi connectivity index (χ0v) is 17.0. The topological polar surface area (TPSA) is 147 Å². The molecule has 1 aliphatic rings. The summed E-state index contributed by atoms with van der Waals surface area (Å²) in [6.45, 7) is 2.36. The molecule has 1 fully saturated rings. The van der Waals surface area contributed by atoms with Crippen molar-refractivity contribution in [1.82, 2.24) is 15.0 Å². The van der Waals surface area contributed by atoms with E-state index in [4.69, 9.17) is 9.47 Å². The molecule has 13 heteroatoms. The number of hydrogen-bond donors (Lipinski definition) is 4. The molecule has 0 radical (unpaired) electrons. The molecule has 4 N–H and O–H groups in total. The van der Waals surface area contributed by atoms with Crippen molar-refractivity contribution in [2.75, 3.05) is 6.61 Å². The lowest BCUT2D eigenvalue weighted by atomic mass is 9.90. The number of rotatable bonds is 6. The molecule has 32 heavy (non-hydrogen) atoms. The van der Waals surface area contributed by atoms with Crippen LogP contribution in [0.15, 0.2) is 18.3 Å². The van der Waals surface area contributed by atoms with Crippen molar-refractivity contribution in [3.8, 4) is 11.3 Å². The Bertz CT molecular complexity index is 950. The van der Waals surface area contributed by atoms with Gasteiger partial charge in [0.2, 0.25) is 0 Å². The molecule has 1 aliphatic heterocycles. The zero-order chi connectivity index (χ0) is 23.7. The second kappa shape index (κ2) is 9.50. The van der Waals surface area contributed by atoms with Crippen molar-refractivity contribution in [2.24, 2.45) is 0 Å². The fourth-order valence-corrected chi connectivity index (χ4v) is 3.40. The number of esters is 1. The van der Waals surface area contributed by atoms with E-state index in [1.165, 1.54) is 0 Å². The normalized spacial score (nSPS) is 26.9. The third-order valence-corrected chi connectivity index (χ3v) is 4.93. The summed E-state index contributed by atoms with van der Waals surface area (Å²) in [5, 5.41) is 48.6. The second-order valence-corrected chi connectivity index (χ2v) is 7.56. The quantitative estimate of drug-likeness (QED) is 0.336. The molecule has 0 amide bonds. The van der Waals surface area contributed by atoms with E-state index in [2.05, 4.69) is 10.3 Å². The Morgan fingerprint density at radius 3 is 2.41 bits per heavy atom. The number of ether oxygens (including phenoxy) is 2. The minimum absolute atomic E-state index is 0.120. The van der Waals surface area contributed by atoms with E-state index in [1.807, 2.05) is 0 Å². The Morgan fingerprint density at radius 1 is 1.22 bits per heavy atom. The molecule has 0 saturated carbocycles. The first-order chi connectivity index (χ1) is 15.0. The average Bonchev–Trinajstić information content (AvgIpc) is 3.20. The molecule has 0 aliphatic carbocycles. The molecule has 1 saturated heterocycles. The van der Waals surface area contributed by atoms with Gasteiger partial charge in [0.1, 0.15) is 36.2 Å². The van der Waals surface area contributed by atoms with E-state index >= 15 is 0 Å². The van der Waals surface area contributed by atoms with Gasteiger partial charge in [-0.2, -0.15) is 0 Å². The predicted octanol–water partition coefficient (Wildman–Crippen LogP) is -0.302. The number of halogens is 3. The molecule has 2 heterocycles. The summed E-state index contributed by atoms with van der Waals surface area (Å²) in [6, 6.07) is -0.00718. The van der Waals surface area contributed by atoms with Crippen LogP contribution in [0, 0.1) is 17.5 Å². The average molecular weight is 461 g/mol. The molecule has 0 bridgehead atoms. The van der Waals surface area contributed by atoms with Crippen molar-refractivity contribution in [2.45, 2.75) is 56.5 Å². The minimum atomic E-state index is -1.96. The van der Waals surface area contributed by atoms with Gasteiger partial charge in [-0.05, 0) is 26.0 Å². The highest BCUT2D eigenvalue weighted by molar-refractivity contribution is 5.75. The maximum atomic E-state index is 13.5. The summed E-state index contributed by atoms with van der Waals surface area (Å²) in [5.74, 6) is -5.65. The molecular weight excluding hydrogens is 439 g/mol. The van der Waals surface area contributed by atoms with Gasteiger partial charge in [0.25, 0.3) is 0 Å². The fourth-order valence-electron chi connectivity index (χ4n) is 3.40. The maximum absolute atomic E-state index is 13.5. The molecule has 2 aromatic rings. The number of carbonyl (C=O) groups is 1. The van der Waals surface area contributed by atoms with E-state index < -0.39 is 72.7 Å². The predicted molar refractivity (Wildman–Crippen MR) is 99.4 cm³/mol. The minimum Gasteiger partial charge on any atom is -0.461 e. The van der Waals surface area contributed by atoms with Gasteiger partial charge in [0.05, 0.1) is 18.9 Å². The molecular formula is C19H22F3N3O7. The Kier molecular flexibility index (Phi) is 7.15. The lowest BCUT2D eigenvalue weighted by Gasteiger charge is -2.43. The van der Waals surface area contributed by atoms with Crippen molar-refractivity contribution >= 4 is 5.97 Å². The van der Waals surface area contributed by atoms with Gasteiger partial charge in [-0.15, -0.1) is 5.10 Å². The molecule has 176 valence electrons. The van der Waals surface area contributed by atoms with Gasteiger partial charge in [-0.3, -0.25) is 0 Å². The van der Waals surface area contributed by atoms with Crippen LogP contribution in [0.25, 0.3) is 11.3 Å². The lowest BCUT2D eigenvalue weighted by molar-refractivity contribution is -0.233. The Morgan fingerprint density at radius 2 is 1.84 bits per heavy atom. The first-order valence-corrected chi connectivity index (χ1v) is 9.62. The van der Waals surface area contributed by atoms with E-state index in [-0.39, 0.29) is 11.3 Å². The third kappa shape index (κ3) is 4.61. The van der Waals surface area contributed by atoms with Gasteiger partial charge < -0.3 is 29.9 Å². The molecule has 3 rings (SSSR count). The van der Waals surface area contributed by atoms with Crippen molar-refractivity contribution in [1.29, 1.82) is 0 Å². The standard InChI is InChI=1S/C19H22F3N3O7/c1-7(2)31-19(30)17(29)18-16(28)14(15(27)12(6-26)32-18)25-5-11(23-24-25)8-3-9(20)13(22)10(21)4-8/h3-5,7,12,14-18,26-29H,6H2,1-2H3/t12?,14-,15-,16?,17-,18+/m0/s1. The number of benzene rings is 1. The van der Waals surface area contributed by atoms with Crippen LogP contribution in [-0.2, 0) is 14.3 Å². The molecule has 10 nitrogen and oxygen atoms in total. The molecule has 6 atom stereocenters. The molecule has 2 unspecified atom stereocenters. The van der Waals surface area contributed by atoms with E-state index in [1.54, 1.807) is 13.8 Å². The number of aliphatic hydroxyl groups excluding tert-OH is 4. The largest absolute Gasteiger partial charge is 0.461 e. The van der Waals surface area contributed by atoms with Crippen molar-refractivity contribution < 1.29 is 47.9 Å². The summed E-state index contributed by atoms with van der Waals surface area (Å²) >= 11 is 0. The van der Waals surface area contributed by atoms with Crippen LogP contribution in [0.3, 0.4) is 0 Å². The first kappa shape index (κ1) is 24.1. The lowest BCUT2D eigenvalue weighted by Crippen LogP contribution is -2.60. The van der Waals surface area contributed by atoms with Gasteiger partial charge in [0.15, 0.2) is 23.6 Å². The third-order valence-electron chi connectivity index (χ3n) is 4.93. The number of hydrogen-bond acceptors (Lipinski definition) is 9. The van der Waals surface area contributed by atoms with Gasteiger partial charge in [-0.1, -0.05) is 5.21 Å². The van der Waals surface area contributed by atoms with E-state index in [0.29, 0.717) is 12.1 Å². The van der Waals surface area contributed by atoms with Crippen LogP contribution in [0.4, 0.5) is 13.2 Å². The number of aliphatic hydroxyl groups is 4. The summed E-state index contributed by atoms with van der Waals surface area (Å²) < 4.78 is 51.5. The first-order valence-electron chi connectivity index (χ1n) is 9.62. The Labute approximate surface area is 179 Å². The van der Waals surface area contributed by atoms with Crippen LogP contribution in [0.5, 0.6) is 0 Å². The van der Waals surface area contributed by atoms with E-state index in [0.717, 1.165) is 10.9 Å².